The standard InChI is InChI=1S/C13H14O2/c1-10-6-7-13(15-9-8-14)12-5-3-2-4-11(10)12/h2-7,14H,8-9H2,1H3. The summed E-state index contributed by atoms with van der Waals surface area (Å²) in [6.07, 6.45) is 0. The molecule has 0 saturated heterocycles. The van der Waals surface area contributed by atoms with Crippen molar-refractivity contribution in [3.63, 3.8) is 0 Å². The summed E-state index contributed by atoms with van der Waals surface area (Å²) in [5, 5.41) is 11.0. The highest BCUT2D eigenvalue weighted by atomic mass is 16.5. The van der Waals surface area contributed by atoms with Crippen molar-refractivity contribution in [3.8, 4) is 5.75 Å². The van der Waals surface area contributed by atoms with Gasteiger partial charge >= 0.3 is 0 Å². The molecular weight excluding hydrogens is 188 g/mol. The van der Waals surface area contributed by atoms with E-state index in [9.17, 15) is 0 Å². The predicted octanol–water partition coefficient (Wildman–Crippen LogP) is 2.52. The summed E-state index contributed by atoms with van der Waals surface area (Å²) in [7, 11) is 0. The van der Waals surface area contributed by atoms with Gasteiger partial charge in [0.25, 0.3) is 0 Å². The van der Waals surface area contributed by atoms with Gasteiger partial charge < -0.3 is 9.84 Å². The van der Waals surface area contributed by atoms with Gasteiger partial charge in [0, 0.05) is 5.39 Å². The van der Waals surface area contributed by atoms with Crippen LogP contribution in [0.25, 0.3) is 10.8 Å². The summed E-state index contributed by atoms with van der Waals surface area (Å²) in [6.45, 7) is 2.47. The summed E-state index contributed by atoms with van der Waals surface area (Å²) in [5.74, 6) is 0.838. The van der Waals surface area contributed by atoms with Crippen LogP contribution in [-0.2, 0) is 0 Å². The largest absolute Gasteiger partial charge is 0.491 e. The number of ether oxygens (including phenoxy) is 1. The van der Waals surface area contributed by atoms with Gasteiger partial charge in [0.15, 0.2) is 0 Å². The second kappa shape index (κ2) is 4.32. The number of aliphatic hydroxyl groups is 1. The van der Waals surface area contributed by atoms with Crippen molar-refractivity contribution < 1.29 is 9.84 Å². The number of benzene rings is 2. The molecule has 0 spiro atoms. The molecule has 2 nitrogen and oxygen atoms in total. The third-order valence-electron chi connectivity index (χ3n) is 2.45. The van der Waals surface area contributed by atoms with Crippen molar-refractivity contribution in [3.05, 3.63) is 42.0 Å². The number of rotatable bonds is 3. The number of hydrogen-bond donors (Lipinski definition) is 1. The molecule has 2 aromatic rings. The fourth-order valence-corrected chi connectivity index (χ4v) is 1.70. The minimum absolute atomic E-state index is 0.0439. The molecule has 0 radical (unpaired) electrons. The van der Waals surface area contributed by atoms with Crippen LogP contribution in [0.4, 0.5) is 0 Å². The van der Waals surface area contributed by atoms with E-state index in [1.165, 1.54) is 10.9 Å². The van der Waals surface area contributed by atoms with Gasteiger partial charge in [0.2, 0.25) is 0 Å². The van der Waals surface area contributed by atoms with Gasteiger partial charge in [-0.3, -0.25) is 0 Å². The van der Waals surface area contributed by atoms with Gasteiger partial charge in [0.1, 0.15) is 12.4 Å². The monoisotopic (exact) mass is 202 g/mol. The fraction of sp³-hybridized carbons (Fsp3) is 0.231. The molecule has 0 saturated carbocycles. The summed E-state index contributed by atoms with van der Waals surface area (Å²) in [4.78, 5) is 0. The maximum Gasteiger partial charge on any atom is 0.127 e. The van der Waals surface area contributed by atoms with Crippen LogP contribution in [0.2, 0.25) is 0 Å². The third-order valence-corrected chi connectivity index (χ3v) is 2.45. The lowest BCUT2D eigenvalue weighted by molar-refractivity contribution is 0.203. The molecule has 0 aliphatic rings. The Morgan fingerprint density at radius 2 is 1.80 bits per heavy atom. The average molecular weight is 202 g/mol. The SMILES string of the molecule is Cc1ccc(OCCO)c2ccccc12. The first-order valence-corrected chi connectivity index (χ1v) is 5.05. The Morgan fingerprint density at radius 3 is 2.53 bits per heavy atom. The molecule has 15 heavy (non-hydrogen) atoms. The van der Waals surface area contributed by atoms with E-state index >= 15 is 0 Å². The lowest BCUT2D eigenvalue weighted by Gasteiger charge is -2.09. The van der Waals surface area contributed by atoms with Gasteiger partial charge in [-0.25, -0.2) is 0 Å². The van der Waals surface area contributed by atoms with E-state index in [1.54, 1.807) is 0 Å². The Hall–Kier alpha value is -1.54. The summed E-state index contributed by atoms with van der Waals surface area (Å²) in [5.41, 5.74) is 1.24. The van der Waals surface area contributed by atoms with Crippen molar-refractivity contribution >= 4 is 10.8 Å². The van der Waals surface area contributed by atoms with Crippen LogP contribution in [-0.4, -0.2) is 18.3 Å². The Bertz CT molecular complexity index is 463. The molecule has 2 aromatic carbocycles. The van der Waals surface area contributed by atoms with E-state index in [0.29, 0.717) is 6.61 Å². The van der Waals surface area contributed by atoms with Crippen LogP contribution in [0, 0.1) is 6.92 Å². The van der Waals surface area contributed by atoms with E-state index in [-0.39, 0.29) is 6.61 Å². The Balaban J connectivity index is 2.51. The molecule has 0 heterocycles. The average Bonchev–Trinajstić information content (AvgIpc) is 2.29. The molecule has 1 N–H and O–H groups in total. The van der Waals surface area contributed by atoms with Crippen LogP contribution < -0.4 is 4.74 Å². The zero-order chi connectivity index (χ0) is 10.7. The van der Waals surface area contributed by atoms with Gasteiger partial charge in [-0.15, -0.1) is 0 Å². The first-order valence-electron chi connectivity index (χ1n) is 5.05. The lowest BCUT2D eigenvalue weighted by Crippen LogP contribution is -2.02. The Kier molecular flexibility index (Phi) is 2.88. The predicted molar refractivity (Wildman–Crippen MR) is 61.3 cm³/mol. The smallest absolute Gasteiger partial charge is 0.127 e. The highest BCUT2D eigenvalue weighted by molar-refractivity contribution is 5.90. The molecule has 0 fully saturated rings. The number of fused-ring (bicyclic) bond motifs is 1. The number of aliphatic hydroxyl groups excluding tert-OH is 1. The molecule has 0 unspecified atom stereocenters. The molecule has 0 amide bonds. The van der Waals surface area contributed by atoms with Crippen LogP contribution in [0.1, 0.15) is 5.56 Å². The van der Waals surface area contributed by atoms with Crippen LogP contribution in [0.3, 0.4) is 0 Å². The molecule has 0 bridgehead atoms. The van der Waals surface area contributed by atoms with E-state index in [4.69, 9.17) is 9.84 Å². The first kappa shape index (κ1) is 9.99. The van der Waals surface area contributed by atoms with Gasteiger partial charge in [-0.1, -0.05) is 30.3 Å². The van der Waals surface area contributed by atoms with E-state index in [2.05, 4.69) is 13.0 Å². The summed E-state index contributed by atoms with van der Waals surface area (Å²) >= 11 is 0. The minimum atomic E-state index is 0.0439. The second-order valence-electron chi connectivity index (χ2n) is 3.50. The van der Waals surface area contributed by atoms with Gasteiger partial charge in [0.05, 0.1) is 6.61 Å². The third kappa shape index (κ3) is 1.95. The van der Waals surface area contributed by atoms with Crippen molar-refractivity contribution in [2.75, 3.05) is 13.2 Å². The van der Waals surface area contributed by atoms with Crippen LogP contribution >= 0.6 is 0 Å². The number of hydrogen-bond acceptors (Lipinski definition) is 2. The van der Waals surface area contributed by atoms with Gasteiger partial charge in [-0.05, 0) is 23.9 Å². The van der Waals surface area contributed by atoms with Crippen LogP contribution in [0.15, 0.2) is 36.4 Å². The molecule has 0 aliphatic carbocycles. The molecule has 0 aromatic heterocycles. The lowest BCUT2D eigenvalue weighted by atomic mass is 10.1. The molecule has 2 heteroatoms. The first-order chi connectivity index (χ1) is 7.33. The van der Waals surface area contributed by atoms with Crippen LogP contribution in [0.5, 0.6) is 5.75 Å². The summed E-state index contributed by atoms with van der Waals surface area (Å²) in [6, 6.07) is 12.1. The Labute approximate surface area is 89.1 Å². The molecule has 2 rings (SSSR count). The fourth-order valence-electron chi connectivity index (χ4n) is 1.70. The highest BCUT2D eigenvalue weighted by Crippen LogP contribution is 2.27. The highest BCUT2D eigenvalue weighted by Gasteiger charge is 2.03. The van der Waals surface area contributed by atoms with Crippen molar-refractivity contribution in [1.82, 2.24) is 0 Å². The molecule has 0 atom stereocenters. The minimum Gasteiger partial charge on any atom is -0.491 e. The summed E-state index contributed by atoms with van der Waals surface area (Å²) < 4.78 is 5.47. The normalized spacial score (nSPS) is 10.5. The zero-order valence-electron chi connectivity index (χ0n) is 8.73. The maximum absolute atomic E-state index is 8.73. The van der Waals surface area contributed by atoms with E-state index in [1.807, 2.05) is 30.3 Å². The second-order valence-corrected chi connectivity index (χ2v) is 3.50. The molecular formula is C13H14O2. The van der Waals surface area contributed by atoms with E-state index in [0.717, 1.165) is 11.1 Å². The van der Waals surface area contributed by atoms with Gasteiger partial charge in [-0.2, -0.15) is 0 Å². The van der Waals surface area contributed by atoms with Crippen molar-refractivity contribution in [2.45, 2.75) is 6.92 Å². The maximum atomic E-state index is 8.73. The molecule has 78 valence electrons. The van der Waals surface area contributed by atoms with Crippen molar-refractivity contribution in [2.24, 2.45) is 0 Å². The molecule has 0 aliphatic heterocycles. The number of aryl methyl sites for hydroxylation is 1. The van der Waals surface area contributed by atoms with E-state index < -0.39 is 0 Å². The Morgan fingerprint density at radius 1 is 1.07 bits per heavy atom. The quantitative estimate of drug-likeness (QED) is 0.828. The topological polar surface area (TPSA) is 29.5 Å². The van der Waals surface area contributed by atoms with Crippen molar-refractivity contribution in [1.29, 1.82) is 0 Å². The zero-order valence-corrected chi connectivity index (χ0v) is 8.73.